The molecule has 2 nitrogen and oxygen atoms in total. The number of hydrogen-bond donors (Lipinski definition) is 0. The van der Waals surface area contributed by atoms with Gasteiger partial charge in [-0.2, -0.15) is 0 Å². The number of amides is 1. The quantitative estimate of drug-likeness (QED) is 0.785. The van der Waals surface area contributed by atoms with E-state index in [9.17, 15) is 4.79 Å². The van der Waals surface area contributed by atoms with E-state index in [1.54, 1.807) is 0 Å². The highest BCUT2D eigenvalue weighted by Crippen LogP contribution is 2.31. The Kier molecular flexibility index (Phi) is 4.66. The summed E-state index contributed by atoms with van der Waals surface area (Å²) >= 11 is 1.96. The largest absolute Gasteiger partial charge is 0.342 e. The van der Waals surface area contributed by atoms with Crippen LogP contribution in [0.4, 0.5) is 0 Å². The molecule has 20 heavy (non-hydrogen) atoms. The number of likely N-dealkylation sites (tertiary alicyclic amines) is 1. The first-order valence-corrected chi connectivity index (χ1v) is 8.78. The summed E-state index contributed by atoms with van der Waals surface area (Å²) in [6.45, 7) is 1.96. The first kappa shape index (κ1) is 14.0. The molecule has 1 heterocycles. The second-order valence-electron chi connectivity index (χ2n) is 6.02. The molecule has 3 heteroatoms. The van der Waals surface area contributed by atoms with Crippen molar-refractivity contribution < 1.29 is 4.79 Å². The van der Waals surface area contributed by atoms with E-state index in [-0.39, 0.29) is 0 Å². The van der Waals surface area contributed by atoms with Gasteiger partial charge in [-0.25, -0.2) is 0 Å². The van der Waals surface area contributed by atoms with Gasteiger partial charge in [0, 0.05) is 29.7 Å². The SMILES string of the molecule is O=C(C1CCC1)N1CCC(CSc2ccccc2)CC1. The fourth-order valence-electron chi connectivity index (χ4n) is 2.96. The minimum absolute atomic E-state index is 0.366. The first-order chi connectivity index (χ1) is 9.83. The van der Waals surface area contributed by atoms with Crippen LogP contribution in [0.1, 0.15) is 32.1 Å². The van der Waals surface area contributed by atoms with Gasteiger partial charge in [0.2, 0.25) is 5.91 Å². The molecule has 1 saturated carbocycles. The van der Waals surface area contributed by atoms with Crippen molar-refractivity contribution in [3.63, 3.8) is 0 Å². The van der Waals surface area contributed by atoms with Crippen molar-refractivity contribution in [2.24, 2.45) is 11.8 Å². The average molecular weight is 289 g/mol. The summed E-state index contributed by atoms with van der Waals surface area (Å²) < 4.78 is 0. The number of benzene rings is 1. The zero-order valence-corrected chi connectivity index (χ0v) is 12.8. The number of rotatable bonds is 4. The van der Waals surface area contributed by atoms with E-state index >= 15 is 0 Å². The van der Waals surface area contributed by atoms with Crippen molar-refractivity contribution in [1.29, 1.82) is 0 Å². The van der Waals surface area contributed by atoms with E-state index in [1.807, 2.05) is 11.8 Å². The molecule has 0 N–H and O–H groups in total. The van der Waals surface area contributed by atoms with Gasteiger partial charge in [0.25, 0.3) is 0 Å². The minimum atomic E-state index is 0.366. The first-order valence-electron chi connectivity index (χ1n) is 7.79. The lowest BCUT2D eigenvalue weighted by Crippen LogP contribution is -2.43. The molecule has 2 aliphatic rings. The lowest BCUT2D eigenvalue weighted by Gasteiger charge is -2.36. The molecule has 2 fully saturated rings. The van der Waals surface area contributed by atoms with Crippen molar-refractivity contribution in [3.8, 4) is 0 Å². The molecule has 0 spiro atoms. The third-order valence-corrected chi connectivity index (χ3v) is 5.85. The Morgan fingerprint density at radius 2 is 1.80 bits per heavy atom. The van der Waals surface area contributed by atoms with Crippen LogP contribution in [-0.2, 0) is 4.79 Å². The third kappa shape index (κ3) is 3.38. The van der Waals surface area contributed by atoms with Crippen molar-refractivity contribution in [2.45, 2.75) is 37.0 Å². The monoisotopic (exact) mass is 289 g/mol. The molecule has 1 saturated heterocycles. The zero-order chi connectivity index (χ0) is 13.8. The van der Waals surface area contributed by atoms with Crippen molar-refractivity contribution in [1.82, 2.24) is 4.90 Å². The van der Waals surface area contributed by atoms with E-state index in [1.165, 1.54) is 29.9 Å². The molecular weight excluding hydrogens is 266 g/mol. The summed E-state index contributed by atoms with van der Waals surface area (Å²) in [6, 6.07) is 10.6. The molecule has 0 aromatic heterocycles. The van der Waals surface area contributed by atoms with Gasteiger partial charge >= 0.3 is 0 Å². The highest BCUT2D eigenvalue weighted by Gasteiger charge is 2.31. The Bertz CT molecular complexity index is 436. The van der Waals surface area contributed by atoms with Crippen molar-refractivity contribution >= 4 is 17.7 Å². The Balaban J connectivity index is 1.41. The molecular formula is C17H23NOS. The Morgan fingerprint density at radius 1 is 1.10 bits per heavy atom. The number of carbonyl (C=O) groups is 1. The number of nitrogens with zero attached hydrogens (tertiary/aromatic N) is 1. The van der Waals surface area contributed by atoms with Gasteiger partial charge in [0.15, 0.2) is 0 Å². The highest BCUT2D eigenvalue weighted by atomic mass is 32.2. The van der Waals surface area contributed by atoms with Crippen LogP contribution in [0.25, 0.3) is 0 Å². The maximum absolute atomic E-state index is 12.2. The zero-order valence-electron chi connectivity index (χ0n) is 12.0. The summed E-state index contributed by atoms with van der Waals surface area (Å²) in [7, 11) is 0. The van der Waals surface area contributed by atoms with Crippen LogP contribution in [0.5, 0.6) is 0 Å². The van der Waals surface area contributed by atoms with Crippen LogP contribution >= 0.6 is 11.8 Å². The molecule has 0 unspecified atom stereocenters. The summed E-state index contributed by atoms with van der Waals surface area (Å²) in [5.74, 6) is 2.76. The molecule has 3 rings (SSSR count). The fourth-order valence-corrected chi connectivity index (χ4v) is 4.08. The van der Waals surface area contributed by atoms with Gasteiger partial charge in [-0.05, 0) is 43.7 Å². The van der Waals surface area contributed by atoms with Crippen LogP contribution in [0, 0.1) is 11.8 Å². The maximum atomic E-state index is 12.2. The summed E-state index contributed by atoms with van der Waals surface area (Å²) in [5.41, 5.74) is 0. The van der Waals surface area contributed by atoms with Gasteiger partial charge in [-0.15, -0.1) is 11.8 Å². The standard InChI is InChI=1S/C17H23NOS/c19-17(15-5-4-6-15)18-11-9-14(10-12-18)13-20-16-7-2-1-3-8-16/h1-3,7-8,14-15H,4-6,9-13H2. The van der Waals surface area contributed by atoms with Gasteiger partial charge < -0.3 is 4.90 Å². The average Bonchev–Trinajstić information content (AvgIpc) is 2.45. The van der Waals surface area contributed by atoms with Crippen LogP contribution in [0.2, 0.25) is 0 Å². The van der Waals surface area contributed by atoms with E-state index in [0.29, 0.717) is 11.8 Å². The van der Waals surface area contributed by atoms with Crippen LogP contribution in [0.3, 0.4) is 0 Å². The van der Waals surface area contributed by atoms with Crippen LogP contribution in [0.15, 0.2) is 35.2 Å². The molecule has 1 aromatic rings. The fraction of sp³-hybridized carbons (Fsp3) is 0.588. The second-order valence-corrected chi connectivity index (χ2v) is 7.11. The second kappa shape index (κ2) is 6.66. The smallest absolute Gasteiger partial charge is 0.225 e. The number of carbonyl (C=O) groups excluding carboxylic acids is 1. The highest BCUT2D eigenvalue weighted by molar-refractivity contribution is 7.99. The molecule has 1 amide bonds. The van der Waals surface area contributed by atoms with Gasteiger partial charge in [0.05, 0.1) is 0 Å². The van der Waals surface area contributed by atoms with Crippen LogP contribution < -0.4 is 0 Å². The van der Waals surface area contributed by atoms with Gasteiger partial charge in [0.1, 0.15) is 0 Å². The van der Waals surface area contributed by atoms with E-state index < -0.39 is 0 Å². The predicted molar refractivity (Wildman–Crippen MR) is 83.8 cm³/mol. The summed E-state index contributed by atoms with van der Waals surface area (Å²) in [5, 5.41) is 0. The Hall–Kier alpha value is -0.960. The summed E-state index contributed by atoms with van der Waals surface area (Å²) in [4.78, 5) is 15.7. The number of thioether (sulfide) groups is 1. The lowest BCUT2D eigenvalue weighted by molar-refractivity contribution is -0.139. The van der Waals surface area contributed by atoms with E-state index in [4.69, 9.17) is 0 Å². The maximum Gasteiger partial charge on any atom is 0.225 e. The van der Waals surface area contributed by atoms with Crippen molar-refractivity contribution in [2.75, 3.05) is 18.8 Å². The molecule has 108 valence electrons. The minimum Gasteiger partial charge on any atom is -0.342 e. The number of piperidine rings is 1. The lowest BCUT2D eigenvalue weighted by atomic mass is 9.83. The molecule has 1 aliphatic heterocycles. The molecule has 1 aromatic carbocycles. The van der Waals surface area contributed by atoms with E-state index in [2.05, 4.69) is 35.2 Å². The summed E-state index contributed by atoms with van der Waals surface area (Å²) in [6.07, 6.45) is 5.86. The Morgan fingerprint density at radius 3 is 2.40 bits per heavy atom. The Labute approximate surface area is 125 Å². The van der Waals surface area contributed by atoms with Crippen LogP contribution in [-0.4, -0.2) is 29.6 Å². The van der Waals surface area contributed by atoms with Gasteiger partial charge in [-0.3, -0.25) is 4.79 Å². The molecule has 0 bridgehead atoms. The number of hydrogen-bond acceptors (Lipinski definition) is 2. The molecule has 1 aliphatic carbocycles. The van der Waals surface area contributed by atoms with Crippen molar-refractivity contribution in [3.05, 3.63) is 30.3 Å². The van der Waals surface area contributed by atoms with Gasteiger partial charge in [-0.1, -0.05) is 24.6 Å². The van der Waals surface area contributed by atoms with E-state index in [0.717, 1.165) is 31.8 Å². The predicted octanol–water partition coefficient (Wildman–Crippen LogP) is 3.82. The normalized spacial score (nSPS) is 20.7. The third-order valence-electron chi connectivity index (χ3n) is 4.61. The topological polar surface area (TPSA) is 20.3 Å². The molecule has 0 atom stereocenters. The molecule has 0 radical (unpaired) electrons.